The first-order chi connectivity index (χ1) is 54.2. The molecule has 7 heterocycles. The second-order valence-corrected chi connectivity index (χ2v) is 25.3. The van der Waals surface area contributed by atoms with Gasteiger partial charge in [0.1, 0.15) is 17.3 Å². The monoisotopic (exact) mass is 1530 g/mol. The highest BCUT2D eigenvalue weighted by Crippen LogP contribution is 2.30. The molecule has 0 bridgehead atoms. The Morgan fingerprint density at radius 1 is 0.250 bits per heavy atom. The molecule has 112 heavy (non-hydrogen) atoms. The standard InChI is InChI=1S/2C14H13N.C12H12.2C11H11N.C10H10N2.C6H8O.C6H8S.10C2H6/c1-10-7-8-14-12(9-10)11-5-3-4-6-13(11)15(14)2;1-10-7-8-12-11-5-3-4-6-13(11)15(2)14(12)9-10;1-9-7-10(2)12-6-4-3-5-11(12)8-9;1-8-7-10-5-3-4-6-11(10)9(2)12-8;1-8-7-9(2)12-11-6-4-3-5-10(8)11;1-7-9-5-3-4-6-10(9)12-8(2)11-7;2*1-5-3-4-6(2)7-5;10*1-2/h2*3-9H,1-2H3;3-8H,1-2H3;2*3-7H,1-2H3;3-6H,1-2H3;2*3-4H,1-2H3;10*1-2H3. The predicted molar refractivity (Wildman–Crippen MR) is 511 cm³/mol. The number of nitrogens with zero attached hydrogens (tertiary/aromatic N) is 6. The third-order valence-electron chi connectivity index (χ3n) is 16.1. The van der Waals surface area contributed by atoms with Gasteiger partial charge in [0.05, 0.1) is 11.0 Å². The Balaban J connectivity index is 0. The number of fused-ring (bicyclic) bond motifs is 10. The van der Waals surface area contributed by atoms with Crippen molar-refractivity contribution in [2.24, 2.45) is 14.1 Å². The summed E-state index contributed by atoms with van der Waals surface area (Å²) in [6.45, 7) is 68.9. The summed E-state index contributed by atoms with van der Waals surface area (Å²) in [5.41, 5.74) is 18.3. The van der Waals surface area contributed by atoms with Crippen LogP contribution in [0.15, 0.2) is 235 Å². The summed E-state index contributed by atoms with van der Waals surface area (Å²) in [5.74, 6) is 2.81. The maximum Gasteiger partial charge on any atom is 0.126 e. The molecule has 604 valence electrons. The zero-order chi connectivity index (χ0) is 85.6. The molecule has 0 saturated heterocycles. The SMILES string of the molecule is CC.CC.CC.CC.CC.CC.CC.CC.CC.CC.Cc1cc(C)c2ccccc2c1.Cc1cc(C)c2ccccc2n1.Cc1cc2ccccc2c(C)n1.Cc1ccc(C)o1.Cc1ccc(C)s1.Cc1ccc2c(c1)c1ccccc1n2C.Cc1ccc2c3ccccc3n(C)c2c1.Cc1nc(C)c2ccccc2n1. The van der Waals surface area contributed by atoms with E-state index in [1.54, 1.807) is 0 Å². The molecule has 8 heteroatoms. The van der Waals surface area contributed by atoms with Gasteiger partial charge in [-0.1, -0.05) is 301 Å². The van der Waals surface area contributed by atoms with Crippen molar-refractivity contribution in [3.8, 4) is 0 Å². The van der Waals surface area contributed by atoms with Crippen LogP contribution >= 0.6 is 11.3 Å². The van der Waals surface area contributed by atoms with Gasteiger partial charge in [-0.2, -0.15) is 0 Å². The van der Waals surface area contributed by atoms with Gasteiger partial charge in [-0.05, 0) is 209 Å². The zero-order valence-electron chi connectivity index (χ0n) is 76.4. The van der Waals surface area contributed by atoms with E-state index in [1.807, 2.05) is 246 Å². The first kappa shape index (κ1) is 104. The topological polar surface area (TPSA) is 74.6 Å². The van der Waals surface area contributed by atoms with Gasteiger partial charge in [0.15, 0.2) is 0 Å². The third kappa shape index (κ3) is 33.1. The Morgan fingerprint density at radius 2 is 0.616 bits per heavy atom. The number of benzene rings is 9. The molecule has 9 aromatic carbocycles. The van der Waals surface area contributed by atoms with Crippen molar-refractivity contribution in [1.82, 2.24) is 29.1 Å². The van der Waals surface area contributed by atoms with E-state index in [-0.39, 0.29) is 0 Å². The quantitative estimate of drug-likeness (QED) is 0.151. The molecule has 0 saturated carbocycles. The van der Waals surface area contributed by atoms with Gasteiger partial charge in [-0.3, -0.25) is 9.97 Å². The van der Waals surface area contributed by atoms with E-state index < -0.39 is 0 Å². The lowest BCUT2D eigenvalue weighted by molar-refractivity contribution is 0.504. The predicted octanol–water partition coefficient (Wildman–Crippen LogP) is 33.2. The van der Waals surface area contributed by atoms with Crippen LogP contribution in [-0.2, 0) is 14.1 Å². The Kier molecular flexibility index (Phi) is 55.5. The number of aromatic nitrogens is 6. The van der Waals surface area contributed by atoms with Crippen LogP contribution in [0, 0.1) is 96.9 Å². The number of hydrogen-bond acceptors (Lipinski definition) is 6. The van der Waals surface area contributed by atoms with Crippen LogP contribution < -0.4 is 0 Å². The summed E-state index contributed by atoms with van der Waals surface area (Å²) in [6.07, 6.45) is 0. The van der Waals surface area contributed by atoms with E-state index in [2.05, 4.69) is 274 Å². The molecule has 7 nitrogen and oxygen atoms in total. The van der Waals surface area contributed by atoms with Crippen molar-refractivity contribution < 1.29 is 4.42 Å². The molecule has 0 aliphatic heterocycles. The molecule has 0 atom stereocenters. The van der Waals surface area contributed by atoms with E-state index in [0.717, 1.165) is 56.5 Å². The van der Waals surface area contributed by atoms with Gasteiger partial charge in [0.25, 0.3) is 0 Å². The molecule has 0 N–H and O–H groups in total. The summed E-state index contributed by atoms with van der Waals surface area (Å²) in [7, 11) is 4.25. The molecule has 0 aliphatic rings. The second-order valence-electron chi connectivity index (χ2n) is 23.9. The fourth-order valence-corrected chi connectivity index (χ4v) is 12.6. The van der Waals surface area contributed by atoms with Crippen molar-refractivity contribution in [3.63, 3.8) is 0 Å². The van der Waals surface area contributed by atoms with E-state index in [0.29, 0.717) is 0 Å². The smallest absolute Gasteiger partial charge is 0.126 e. The molecule has 0 radical (unpaired) electrons. The van der Waals surface area contributed by atoms with Crippen molar-refractivity contribution in [2.75, 3.05) is 0 Å². The first-order valence-corrected chi connectivity index (χ1v) is 42.3. The summed E-state index contributed by atoms with van der Waals surface area (Å²) in [6, 6.07) is 80.4. The minimum absolute atomic E-state index is 0.839. The van der Waals surface area contributed by atoms with Gasteiger partial charge >= 0.3 is 0 Å². The van der Waals surface area contributed by atoms with Gasteiger partial charge in [0.2, 0.25) is 0 Å². The van der Waals surface area contributed by atoms with E-state index in [4.69, 9.17) is 4.42 Å². The molecule has 7 aromatic heterocycles. The molecule has 0 fully saturated rings. The normalized spacial score (nSPS) is 9.25. The van der Waals surface area contributed by atoms with Crippen LogP contribution in [0.25, 0.3) is 87.0 Å². The summed E-state index contributed by atoms with van der Waals surface area (Å²) in [4.78, 5) is 20.3. The number of hydrogen-bond donors (Lipinski definition) is 0. The maximum atomic E-state index is 5.08. The molecule has 16 aromatic rings. The molecule has 16 rings (SSSR count). The first-order valence-electron chi connectivity index (χ1n) is 41.5. The highest BCUT2D eigenvalue weighted by molar-refractivity contribution is 7.11. The van der Waals surface area contributed by atoms with Crippen LogP contribution in [0.3, 0.4) is 0 Å². The number of aryl methyl sites for hydroxylation is 16. The lowest BCUT2D eigenvalue weighted by Gasteiger charge is -2.02. The second kappa shape index (κ2) is 59.7. The molecule has 0 unspecified atom stereocenters. The van der Waals surface area contributed by atoms with E-state index in [9.17, 15) is 0 Å². The third-order valence-corrected chi connectivity index (χ3v) is 17.0. The van der Waals surface area contributed by atoms with Gasteiger partial charge < -0.3 is 13.6 Å². The minimum Gasteiger partial charge on any atom is -0.467 e. The fourth-order valence-electron chi connectivity index (χ4n) is 11.8. The van der Waals surface area contributed by atoms with Crippen molar-refractivity contribution >= 4 is 98.3 Å². The highest BCUT2D eigenvalue weighted by atomic mass is 32.1. The number of furan rings is 1. The number of thiophene rings is 1. The maximum absolute atomic E-state index is 5.08. The highest BCUT2D eigenvalue weighted by Gasteiger charge is 2.09. The van der Waals surface area contributed by atoms with Crippen LogP contribution in [0.1, 0.15) is 216 Å². The van der Waals surface area contributed by atoms with Crippen LogP contribution in [-0.4, -0.2) is 29.1 Å². The Labute approximate surface area is 685 Å². The summed E-state index contributed by atoms with van der Waals surface area (Å²) in [5, 5.41) is 13.0. The molecular weight excluding hydrogens is 1380 g/mol. The van der Waals surface area contributed by atoms with Crippen molar-refractivity contribution in [2.45, 2.75) is 235 Å². The van der Waals surface area contributed by atoms with E-state index in [1.165, 1.54) is 108 Å². The van der Waals surface area contributed by atoms with Gasteiger partial charge in [-0.15, -0.1) is 11.3 Å². The Hall–Kier alpha value is -10.0. The largest absolute Gasteiger partial charge is 0.467 e. The van der Waals surface area contributed by atoms with Crippen molar-refractivity contribution in [1.29, 1.82) is 0 Å². The number of para-hydroxylation sites is 4. The summed E-state index contributed by atoms with van der Waals surface area (Å²) >= 11 is 1.84. The molecule has 0 aliphatic carbocycles. The number of rotatable bonds is 0. The van der Waals surface area contributed by atoms with Crippen LogP contribution in [0.5, 0.6) is 0 Å². The van der Waals surface area contributed by atoms with Crippen LogP contribution in [0.4, 0.5) is 0 Å². The molecule has 0 spiro atoms. The zero-order valence-corrected chi connectivity index (χ0v) is 77.3. The average Bonchev–Trinajstić information content (AvgIpc) is 1.64. The number of pyridine rings is 2. The lowest BCUT2D eigenvalue weighted by Crippen LogP contribution is -1.92. The minimum atomic E-state index is 0.839. The van der Waals surface area contributed by atoms with Crippen molar-refractivity contribution in [3.05, 3.63) is 308 Å². The molecule has 0 amide bonds. The average molecular weight is 1530 g/mol. The summed E-state index contributed by atoms with van der Waals surface area (Å²) < 4.78 is 9.60. The van der Waals surface area contributed by atoms with Crippen LogP contribution in [0.2, 0.25) is 0 Å². The fraction of sp³-hybridized carbons (Fsp3) is 0.346. The van der Waals surface area contributed by atoms with Gasteiger partial charge in [-0.25, -0.2) is 9.97 Å². The molecular formula is C104H146N6OS. The lowest BCUT2D eigenvalue weighted by atomic mass is 10.0. The Morgan fingerprint density at radius 3 is 1.11 bits per heavy atom. The van der Waals surface area contributed by atoms with Gasteiger partial charge in [0, 0.05) is 106 Å². The van der Waals surface area contributed by atoms with E-state index >= 15 is 0 Å². The Bertz CT molecular complexity index is 4750.